The minimum Gasteiger partial charge on any atom is -0.380 e. The number of ether oxygens (including phenoxy) is 1. The van der Waals surface area contributed by atoms with Gasteiger partial charge in [0.15, 0.2) is 0 Å². The molecule has 0 radical (unpaired) electrons. The van der Waals surface area contributed by atoms with Crippen molar-refractivity contribution in [2.45, 2.75) is 6.92 Å². The van der Waals surface area contributed by atoms with E-state index in [0.717, 1.165) is 0 Å². The molecule has 0 saturated carbocycles. The normalized spacial score (nSPS) is 11.8. The van der Waals surface area contributed by atoms with E-state index in [1.165, 1.54) is 0 Å². The van der Waals surface area contributed by atoms with Crippen LogP contribution in [-0.4, -0.2) is 40.5 Å². The fourth-order valence-electron chi connectivity index (χ4n) is 0.641. The van der Waals surface area contributed by atoms with Crippen molar-refractivity contribution in [1.29, 1.82) is 0 Å². The molecular formula is C6H16N2O3S. The molecule has 0 fully saturated rings. The van der Waals surface area contributed by atoms with Crippen LogP contribution in [-0.2, 0) is 14.8 Å². The van der Waals surface area contributed by atoms with E-state index in [1.54, 1.807) is 0 Å². The quantitative estimate of drug-likeness (QED) is 0.506. The third-order valence-corrected chi connectivity index (χ3v) is 2.58. The Balaban J connectivity index is 3.48. The second kappa shape index (κ2) is 6.36. The Kier molecular flexibility index (Phi) is 6.27. The van der Waals surface area contributed by atoms with E-state index in [1.807, 2.05) is 6.92 Å². The molecule has 0 aliphatic rings. The van der Waals surface area contributed by atoms with Gasteiger partial charge < -0.3 is 10.5 Å². The van der Waals surface area contributed by atoms with Gasteiger partial charge in [0.1, 0.15) is 0 Å². The van der Waals surface area contributed by atoms with E-state index in [9.17, 15) is 8.42 Å². The topological polar surface area (TPSA) is 81.4 Å². The second-order valence-electron chi connectivity index (χ2n) is 2.20. The van der Waals surface area contributed by atoms with E-state index in [2.05, 4.69) is 4.72 Å². The van der Waals surface area contributed by atoms with Crippen molar-refractivity contribution in [2.75, 3.05) is 32.1 Å². The minimum absolute atomic E-state index is 0.0286. The molecule has 0 rings (SSSR count). The highest BCUT2D eigenvalue weighted by atomic mass is 32.2. The number of nitrogens with one attached hydrogen (secondary N) is 1. The van der Waals surface area contributed by atoms with Crippen molar-refractivity contribution in [3.05, 3.63) is 0 Å². The van der Waals surface area contributed by atoms with Gasteiger partial charge in [0.25, 0.3) is 0 Å². The summed E-state index contributed by atoms with van der Waals surface area (Å²) in [5.74, 6) is -0.0286. The predicted octanol–water partition coefficient (Wildman–Crippen LogP) is -1.10. The molecule has 0 heterocycles. The zero-order chi connectivity index (χ0) is 9.45. The maximum atomic E-state index is 10.9. The maximum Gasteiger partial charge on any atom is 0.212 e. The average molecular weight is 196 g/mol. The van der Waals surface area contributed by atoms with Crippen LogP contribution in [0, 0.1) is 0 Å². The zero-order valence-corrected chi connectivity index (χ0v) is 8.06. The monoisotopic (exact) mass is 196 g/mol. The largest absolute Gasteiger partial charge is 0.380 e. The summed E-state index contributed by atoms with van der Waals surface area (Å²) in [5.41, 5.74) is 5.09. The molecule has 0 unspecified atom stereocenters. The Morgan fingerprint density at radius 2 is 2.17 bits per heavy atom. The minimum atomic E-state index is -3.17. The molecule has 6 heteroatoms. The molecule has 0 aliphatic heterocycles. The lowest BCUT2D eigenvalue weighted by Gasteiger charge is -2.04. The van der Waals surface area contributed by atoms with Crippen molar-refractivity contribution in [2.24, 2.45) is 5.73 Å². The van der Waals surface area contributed by atoms with Gasteiger partial charge in [-0.3, -0.25) is 0 Å². The number of nitrogens with two attached hydrogens (primary N) is 1. The third kappa shape index (κ3) is 6.53. The molecule has 3 N–H and O–H groups in total. The molecule has 0 aromatic carbocycles. The first-order valence-corrected chi connectivity index (χ1v) is 5.52. The smallest absolute Gasteiger partial charge is 0.212 e. The highest BCUT2D eigenvalue weighted by Crippen LogP contribution is 1.81. The van der Waals surface area contributed by atoms with Crippen LogP contribution < -0.4 is 10.5 Å². The number of hydrogen-bond donors (Lipinski definition) is 2. The van der Waals surface area contributed by atoms with E-state index in [0.29, 0.717) is 19.8 Å². The summed E-state index contributed by atoms with van der Waals surface area (Å²) in [4.78, 5) is 0. The summed E-state index contributed by atoms with van der Waals surface area (Å²) in [7, 11) is -3.17. The van der Waals surface area contributed by atoms with Crippen molar-refractivity contribution >= 4 is 10.0 Å². The van der Waals surface area contributed by atoms with Gasteiger partial charge in [-0.25, -0.2) is 13.1 Å². The molecule has 0 saturated heterocycles. The molecule has 0 amide bonds. The van der Waals surface area contributed by atoms with Crippen LogP contribution >= 0.6 is 0 Å². The van der Waals surface area contributed by atoms with Crippen molar-refractivity contribution in [3.63, 3.8) is 0 Å². The van der Waals surface area contributed by atoms with Gasteiger partial charge in [0, 0.05) is 19.7 Å². The lowest BCUT2D eigenvalue weighted by molar-refractivity contribution is 0.153. The summed E-state index contributed by atoms with van der Waals surface area (Å²) >= 11 is 0. The predicted molar refractivity (Wildman–Crippen MR) is 47.3 cm³/mol. The Hall–Kier alpha value is -0.170. The Morgan fingerprint density at radius 3 is 2.67 bits per heavy atom. The molecule has 0 spiro atoms. The van der Waals surface area contributed by atoms with Crippen molar-refractivity contribution in [1.82, 2.24) is 4.72 Å². The Bertz CT molecular complexity index is 191. The highest BCUT2D eigenvalue weighted by molar-refractivity contribution is 7.89. The summed E-state index contributed by atoms with van der Waals surface area (Å²) in [6.45, 7) is 3.31. The summed E-state index contributed by atoms with van der Waals surface area (Å²) in [6, 6.07) is 0. The molecule has 12 heavy (non-hydrogen) atoms. The van der Waals surface area contributed by atoms with Crippen molar-refractivity contribution in [3.8, 4) is 0 Å². The molecule has 0 atom stereocenters. The fourth-order valence-corrected chi connectivity index (χ4v) is 1.49. The standard InChI is InChI=1S/C6H16N2O3S/c1-2-11-5-4-8-12(9,10)6-3-7/h8H,2-7H2,1H3. The summed E-state index contributed by atoms with van der Waals surface area (Å²) in [5, 5.41) is 0. The average Bonchev–Trinajstić information content (AvgIpc) is 1.98. The number of hydrogen-bond acceptors (Lipinski definition) is 4. The van der Waals surface area contributed by atoms with Gasteiger partial charge in [-0.15, -0.1) is 0 Å². The zero-order valence-electron chi connectivity index (χ0n) is 7.25. The summed E-state index contributed by atoms with van der Waals surface area (Å²) < 4.78 is 29.2. The van der Waals surface area contributed by atoms with Crippen molar-refractivity contribution < 1.29 is 13.2 Å². The second-order valence-corrected chi connectivity index (χ2v) is 4.13. The lowest BCUT2D eigenvalue weighted by atomic mass is 10.7. The van der Waals surface area contributed by atoms with Crippen LogP contribution in [0.15, 0.2) is 0 Å². The van der Waals surface area contributed by atoms with Gasteiger partial charge in [-0.1, -0.05) is 0 Å². The van der Waals surface area contributed by atoms with Gasteiger partial charge in [0.2, 0.25) is 10.0 Å². The van der Waals surface area contributed by atoms with Gasteiger partial charge >= 0.3 is 0 Å². The molecule has 0 aromatic heterocycles. The van der Waals surface area contributed by atoms with E-state index < -0.39 is 10.0 Å². The van der Waals surface area contributed by atoms with Crippen LogP contribution in [0.25, 0.3) is 0 Å². The number of rotatable bonds is 7. The van der Waals surface area contributed by atoms with E-state index in [4.69, 9.17) is 10.5 Å². The molecule has 74 valence electrons. The Labute approximate surface area is 73.3 Å². The molecule has 0 bridgehead atoms. The highest BCUT2D eigenvalue weighted by Gasteiger charge is 2.06. The van der Waals surface area contributed by atoms with E-state index >= 15 is 0 Å². The first-order chi connectivity index (χ1) is 5.62. The van der Waals surface area contributed by atoms with Gasteiger partial charge in [0.05, 0.1) is 12.4 Å². The van der Waals surface area contributed by atoms with Gasteiger partial charge in [-0.05, 0) is 6.92 Å². The van der Waals surface area contributed by atoms with Crippen LogP contribution in [0.4, 0.5) is 0 Å². The summed E-state index contributed by atoms with van der Waals surface area (Å²) in [6.07, 6.45) is 0. The molecular weight excluding hydrogens is 180 g/mol. The van der Waals surface area contributed by atoms with Gasteiger partial charge in [-0.2, -0.15) is 0 Å². The fraction of sp³-hybridized carbons (Fsp3) is 1.00. The maximum absolute atomic E-state index is 10.9. The first-order valence-electron chi connectivity index (χ1n) is 3.87. The van der Waals surface area contributed by atoms with Crippen LogP contribution in [0.5, 0.6) is 0 Å². The van der Waals surface area contributed by atoms with Crippen LogP contribution in [0.2, 0.25) is 0 Å². The molecule has 5 nitrogen and oxygen atoms in total. The number of sulfonamides is 1. The lowest BCUT2D eigenvalue weighted by Crippen LogP contribution is -2.32. The van der Waals surface area contributed by atoms with E-state index in [-0.39, 0.29) is 12.3 Å². The van der Waals surface area contributed by atoms with Crippen LogP contribution in [0.3, 0.4) is 0 Å². The first kappa shape index (κ1) is 11.8. The molecule has 0 aliphatic carbocycles. The SMILES string of the molecule is CCOCCNS(=O)(=O)CCN. The van der Waals surface area contributed by atoms with Crippen LogP contribution in [0.1, 0.15) is 6.92 Å². The third-order valence-electron chi connectivity index (χ3n) is 1.16. The molecule has 0 aromatic rings. The Morgan fingerprint density at radius 1 is 1.50 bits per heavy atom.